The second kappa shape index (κ2) is 7.75. The zero-order chi connectivity index (χ0) is 20.4. The number of primary amides is 1. The molecule has 0 unspecified atom stereocenters. The molecular formula is C21H30N6O. The quantitative estimate of drug-likeness (QED) is 0.828. The minimum absolute atomic E-state index is 0.0165. The second-order valence-electron chi connectivity index (χ2n) is 8.33. The van der Waals surface area contributed by atoms with Gasteiger partial charge in [0.05, 0.1) is 18.1 Å². The van der Waals surface area contributed by atoms with Crippen molar-refractivity contribution in [3.05, 3.63) is 48.3 Å². The van der Waals surface area contributed by atoms with Crippen LogP contribution in [0.4, 0.5) is 16.4 Å². The summed E-state index contributed by atoms with van der Waals surface area (Å²) in [5, 5.41) is 0. The number of rotatable bonds is 5. The Labute approximate surface area is 166 Å². The van der Waals surface area contributed by atoms with E-state index in [2.05, 4.69) is 66.2 Å². The topological polar surface area (TPSA) is 101 Å². The number of carbonyl (C=O) groups excluding carboxylic acids is 1. The lowest BCUT2D eigenvalue weighted by Crippen LogP contribution is -2.50. The summed E-state index contributed by atoms with van der Waals surface area (Å²) in [5.41, 5.74) is 13.1. The molecule has 7 heteroatoms. The Morgan fingerprint density at radius 2 is 1.64 bits per heavy atom. The second-order valence-corrected chi connectivity index (χ2v) is 8.33. The molecule has 3 rings (SSSR count). The van der Waals surface area contributed by atoms with Crippen LogP contribution in [0.3, 0.4) is 0 Å². The molecule has 150 valence electrons. The Hall–Kier alpha value is -2.67. The van der Waals surface area contributed by atoms with Gasteiger partial charge in [-0.05, 0) is 50.8 Å². The molecule has 1 aliphatic rings. The van der Waals surface area contributed by atoms with Crippen LogP contribution in [0, 0.1) is 5.41 Å². The van der Waals surface area contributed by atoms with Crippen molar-refractivity contribution in [3.8, 4) is 0 Å². The van der Waals surface area contributed by atoms with E-state index in [9.17, 15) is 4.79 Å². The lowest BCUT2D eigenvalue weighted by molar-refractivity contribution is 0.0459. The minimum Gasteiger partial charge on any atom is -0.368 e. The molecule has 1 saturated carbocycles. The Balaban J connectivity index is 1.79. The van der Waals surface area contributed by atoms with E-state index in [0.29, 0.717) is 12.2 Å². The summed E-state index contributed by atoms with van der Waals surface area (Å²) >= 11 is 0. The first-order chi connectivity index (χ1) is 13.3. The van der Waals surface area contributed by atoms with Crippen LogP contribution in [-0.2, 0) is 5.54 Å². The van der Waals surface area contributed by atoms with Crippen molar-refractivity contribution >= 4 is 17.7 Å². The Morgan fingerprint density at radius 1 is 1.07 bits per heavy atom. The smallest absolute Gasteiger partial charge is 0.319 e. The van der Waals surface area contributed by atoms with Gasteiger partial charge in [-0.3, -0.25) is 9.80 Å². The van der Waals surface area contributed by atoms with Crippen LogP contribution in [0.1, 0.15) is 38.2 Å². The molecule has 1 aliphatic carbocycles. The van der Waals surface area contributed by atoms with E-state index in [1.807, 2.05) is 0 Å². The lowest BCUT2D eigenvalue weighted by atomic mass is 9.65. The molecule has 28 heavy (non-hydrogen) atoms. The van der Waals surface area contributed by atoms with E-state index in [-0.39, 0.29) is 16.9 Å². The van der Waals surface area contributed by atoms with Crippen LogP contribution in [-0.4, -0.2) is 41.5 Å². The number of nitrogens with two attached hydrogens (primary N) is 2. The number of carbonyl (C=O) groups is 1. The molecule has 7 nitrogen and oxygen atoms in total. The fourth-order valence-electron chi connectivity index (χ4n) is 4.32. The lowest BCUT2D eigenvalue weighted by Gasteiger charge is -2.50. The predicted molar refractivity (Wildman–Crippen MR) is 112 cm³/mol. The molecule has 0 aliphatic heterocycles. The van der Waals surface area contributed by atoms with Gasteiger partial charge in [-0.1, -0.05) is 37.3 Å². The maximum atomic E-state index is 12.1. The van der Waals surface area contributed by atoms with Crippen LogP contribution in [0.15, 0.2) is 42.7 Å². The summed E-state index contributed by atoms with van der Waals surface area (Å²) in [7, 11) is 4.30. The van der Waals surface area contributed by atoms with Crippen molar-refractivity contribution in [3.63, 3.8) is 0 Å². The molecule has 0 atom stereocenters. The standard InChI is InChI=1S/C21H30N6O/c1-20(15-27(19(23)28)17-13-24-18(22)25-14-17)9-11-21(12-10-20,26(2)3)16-7-5-4-6-8-16/h4-8,13-14H,9-12,15H2,1-3H3,(H2,23,28)(H2,22,24,25). The van der Waals surface area contributed by atoms with Crippen molar-refractivity contribution in [1.82, 2.24) is 14.9 Å². The largest absolute Gasteiger partial charge is 0.368 e. The zero-order valence-corrected chi connectivity index (χ0v) is 16.9. The van der Waals surface area contributed by atoms with Crippen LogP contribution in [0.5, 0.6) is 0 Å². The SMILES string of the molecule is CN(C)C1(c2ccccc2)CCC(C)(CN(C(N)=O)c2cnc(N)nc2)CC1. The summed E-state index contributed by atoms with van der Waals surface area (Å²) in [6, 6.07) is 10.2. The highest BCUT2D eigenvalue weighted by Gasteiger charge is 2.44. The number of amides is 2. The van der Waals surface area contributed by atoms with Gasteiger partial charge < -0.3 is 11.5 Å². The summed E-state index contributed by atoms with van der Waals surface area (Å²) in [5.74, 6) is 0.177. The predicted octanol–water partition coefficient (Wildman–Crippen LogP) is 2.98. The first-order valence-electron chi connectivity index (χ1n) is 9.63. The van der Waals surface area contributed by atoms with Gasteiger partial charge in [0, 0.05) is 12.1 Å². The average molecular weight is 383 g/mol. The molecule has 2 aromatic rings. The van der Waals surface area contributed by atoms with Gasteiger partial charge in [-0.15, -0.1) is 0 Å². The fourth-order valence-corrected chi connectivity index (χ4v) is 4.32. The molecule has 1 aromatic carbocycles. The van der Waals surface area contributed by atoms with Crippen LogP contribution in [0.2, 0.25) is 0 Å². The molecule has 1 aromatic heterocycles. The number of benzene rings is 1. The molecule has 0 spiro atoms. The van der Waals surface area contributed by atoms with Crippen molar-refractivity contribution < 1.29 is 4.79 Å². The Bertz CT molecular complexity index is 797. The highest BCUT2D eigenvalue weighted by molar-refractivity contribution is 5.90. The third-order valence-electron chi connectivity index (χ3n) is 6.23. The number of aromatic nitrogens is 2. The highest BCUT2D eigenvalue weighted by atomic mass is 16.2. The third-order valence-corrected chi connectivity index (χ3v) is 6.23. The van der Waals surface area contributed by atoms with E-state index >= 15 is 0 Å². The molecule has 1 heterocycles. The van der Waals surface area contributed by atoms with Crippen molar-refractivity contribution in [2.75, 3.05) is 31.3 Å². The van der Waals surface area contributed by atoms with E-state index in [1.165, 1.54) is 5.56 Å². The third kappa shape index (κ3) is 3.94. The number of hydrogen-bond acceptors (Lipinski definition) is 5. The maximum Gasteiger partial charge on any atom is 0.319 e. The van der Waals surface area contributed by atoms with Crippen LogP contribution >= 0.6 is 0 Å². The van der Waals surface area contributed by atoms with Crippen LogP contribution < -0.4 is 16.4 Å². The molecule has 0 saturated heterocycles. The number of hydrogen-bond donors (Lipinski definition) is 2. The average Bonchev–Trinajstić information content (AvgIpc) is 2.68. The number of nitrogen functional groups attached to an aromatic ring is 1. The Kier molecular flexibility index (Phi) is 5.56. The zero-order valence-electron chi connectivity index (χ0n) is 16.9. The van der Waals surface area contributed by atoms with Crippen LogP contribution in [0.25, 0.3) is 0 Å². The molecule has 4 N–H and O–H groups in total. The van der Waals surface area contributed by atoms with Gasteiger partial charge in [-0.2, -0.15) is 0 Å². The normalized spacial score (nSPS) is 24.9. The van der Waals surface area contributed by atoms with E-state index in [0.717, 1.165) is 25.7 Å². The van der Waals surface area contributed by atoms with Crippen molar-refractivity contribution in [2.24, 2.45) is 11.1 Å². The molecule has 2 amide bonds. The van der Waals surface area contributed by atoms with Gasteiger partial charge in [0.15, 0.2) is 0 Å². The van der Waals surface area contributed by atoms with Gasteiger partial charge in [0.2, 0.25) is 5.95 Å². The number of anilines is 2. The monoisotopic (exact) mass is 382 g/mol. The summed E-state index contributed by atoms with van der Waals surface area (Å²) in [6.07, 6.45) is 7.11. The molecular weight excluding hydrogens is 352 g/mol. The van der Waals surface area contributed by atoms with Gasteiger partial charge in [0.25, 0.3) is 0 Å². The van der Waals surface area contributed by atoms with Crippen molar-refractivity contribution in [1.29, 1.82) is 0 Å². The first-order valence-corrected chi connectivity index (χ1v) is 9.63. The van der Waals surface area contributed by atoms with Crippen molar-refractivity contribution in [2.45, 2.75) is 38.1 Å². The molecule has 0 radical (unpaired) electrons. The number of urea groups is 1. The maximum absolute atomic E-state index is 12.1. The summed E-state index contributed by atoms with van der Waals surface area (Å²) in [4.78, 5) is 24.0. The summed E-state index contributed by atoms with van der Waals surface area (Å²) in [6.45, 7) is 2.76. The van der Waals surface area contributed by atoms with Gasteiger partial charge in [-0.25, -0.2) is 14.8 Å². The molecule has 1 fully saturated rings. The highest BCUT2D eigenvalue weighted by Crippen LogP contribution is 2.48. The van der Waals surface area contributed by atoms with Gasteiger partial charge >= 0.3 is 6.03 Å². The number of nitrogens with zero attached hydrogens (tertiary/aromatic N) is 4. The Morgan fingerprint density at radius 3 is 2.14 bits per heavy atom. The van der Waals surface area contributed by atoms with E-state index < -0.39 is 6.03 Å². The minimum atomic E-state index is -0.498. The summed E-state index contributed by atoms with van der Waals surface area (Å²) < 4.78 is 0. The van der Waals surface area contributed by atoms with E-state index in [1.54, 1.807) is 17.3 Å². The first kappa shape index (κ1) is 20.1. The molecule has 0 bridgehead atoms. The fraction of sp³-hybridized carbons (Fsp3) is 0.476. The van der Waals surface area contributed by atoms with Gasteiger partial charge in [0.1, 0.15) is 0 Å². The van der Waals surface area contributed by atoms with E-state index in [4.69, 9.17) is 11.5 Å².